The van der Waals surface area contributed by atoms with E-state index < -0.39 is 11.6 Å². The lowest BCUT2D eigenvalue weighted by atomic mass is 10.0. The third-order valence-electron chi connectivity index (χ3n) is 6.61. The minimum Gasteiger partial charge on any atom is -0.424 e. The molecule has 3 aromatic rings. The molecule has 1 heterocycles. The Morgan fingerprint density at radius 2 is 1.54 bits per heavy atom. The molecule has 1 unspecified atom stereocenters. The number of rotatable bonds is 14. The highest BCUT2D eigenvalue weighted by Crippen LogP contribution is 2.27. The Morgan fingerprint density at radius 1 is 0.857 bits per heavy atom. The number of hydrogen-bond acceptors (Lipinski definition) is 3. The Balaban J connectivity index is 1.59. The number of unbranched alkanes of at least 4 members (excludes halogenated alkanes) is 7. The number of carbonyl (C=O) groups excluding carboxylic acids is 1. The van der Waals surface area contributed by atoms with Crippen LogP contribution in [0, 0.1) is 0 Å². The standard InChI is InChI=1S/C31H40FNO2/c1-4-6-8-9-10-11-13-24-14-20-29-26(23-24)17-21-28(33-29)25-15-18-27(19-16-25)35-30(34)31(3,32)22-12-7-5-2/h14-21,23H,4-13,22H2,1-3H3. The summed E-state index contributed by atoms with van der Waals surface area (Å²) in [6.45, 7) is 5.60. The number of alkyl halides is 1. The zero-order valence-corrected chi connectivity index (χ0v) is 21.6. The summed E-state index contributed by atoms with van der Waals surface area (Å²) in [7, 11) is 0. The number of aromatic nitrogens is 1. The van der Waals surface area contributed by atoms with Crippen LogP contribution < -0.4 is 4.74 Å². The molecule has 0 saturated heterocycles. The Kier molecular flexibility index (Phi) is 10.3. The first kappa shape index (κ1) is 26.8. The van der Waals surface area contributed by atoms with E-state index in [4.69, 9.17) is 9.72 Å². The van der Waals surface area contributed by atoms with Crippen LogP contribution in [0.4, 0.5) is 4.39 Å². The predicted octanol–water partition coefficient (Wildman–Crippen LogP) is 9.02. The maximum Gasteiger partial charge on any atom is 0.348 e. The van der Waals surface area contributed by atoms with Gasteiger partial charge in [-0.2, -0.15) is 0 Å². The fraction of sp³-hybridized carbons (Fsp3) is 0.484. The van der Waals surface area contributed by atoms with Crippen LogP contribution >= 0.6 is 0 Å². The number of hydrogen-bond donors (Lipinski definition) is 0. The second kappa shape index (κ2) is 13.4. The van der Waals surface area contributed by atoms with Crippen LogP contribution in [-0.2, 0) is 11.2 Å². The van der Waals surface area contributed by atoms with Crippen molar-refractivity contribution in [3.05, 3.63) is 60.2 Å². The summed E-state index contributed by atoms with van der Waals surface area (Å²) in [6.07, 6.45) is 11.7. The minimum absolute atomic E-state index is 0.180. The number of pyridine rings is 1. The third-order valence-corrected chi connectivity index (χ3v) is 6.61. The van der Waals surface area contributed by atoms with Crippen molar-refractivity contribution in [3.63, 3.8) is 0 Å². The van der Waals surface area contributed by atoms with Crippen LogP contribution in [0.5, 0.6) is 5.75 Å². The van der Waals surface area contributed by atoms with Gasteiger partial charge in [0.1, 0.15) is 5.75 Å². The van der Waals surface area contributed by atoms with Crippen molar-refractivity contribution < 1.29 is 13.9 Å². The van der Waals surface area contributed by atoms with Crippen LogP contribution in [0.15, 0.2) is 54.6 Å². The van der Waals surface area contributed by atoms with Gasteiger partial charge in [0.05, 0.1) is 11.2 Å². The van der Waals surface area contributed by atoms with Crippen molar-refractivity contribution in [1.82, 2.24) is 4.98 Å². The number of nitrogens with zero attached hydrogens (tertiary/aromatic N) is 1. The molecule has 0 radical (unpaired) electrons. The summed E-state index contributed by atoms with van der Waals surface area (Å²) in [5, 5.41) is 1.15. The van der Waals surface area contributed by atoms with Crippen LogP contribution in [0.25, 0.3) is 22.2 Å². The smallest absolute Gasteiger partial charge is 0.348 e. The van der Waals surface area contributed by atoms with Crippen LogP contribution in [0.2, 0.25) is 0 Å². The second-order valence-electron chi connectivity index (χ2n) is 9.81. The van der Waals surface area contributed by atoms with Gasteiger partial charge in [-0.25, -0.2) is 14.2 Å². The molecule has 0 saturated carbocycles. The van der Waals surface area contributed by atoms with Crippen LogP contribution in [0.3, 0.4) is 0 Å². The molecule has 0 bridgehead atoms. The molecular weight excluding hydrogens is 437 g/mol. The number of aryl methyl sites for hydroxylation is 1. The van der Waals surface area contributed by atoms with Gasteiger partial charge in [0.25, 0.3) is 0 Å². The van der Waals surface area contributed by atoms with Gasteiger partial charge in [0, 0.05) is 10.9 Å². The SMILES string of the molecule is CCCCCCCCc1ccc2nc(-c3ccc(OC(=O)C(C)(F)CCCCC)cc3)ccc2c1. The summed E-state index contributed by atoms with van der Waals surface area (Å²) >= 11 is 0. The van der Waals surface area contributed by atoms with E-state index in [-0.39, 0.29) is 6.42 Å². The molecule has 0 spiro atoms. The molecule has 0 fully saturated rings. The Labute approximate surface area is 210 Å². The molecule has 3 rings (SSSR count). The summed E-state index contributed by atoms with van der Waals surface area (Å²) in [4.78, 5) is 17.1. The van der Waals surface area contributed by atoms with E-state index in [2.05, 4.69) is 31.2 Å². The number of carbonyl (C=O) groups is 1. The molecule has 1 atom stereocenters. The van der Waals surface area contributed by atoms with Crippen molar-refractivity contribution in [2.75, 3.05) is 0 Å². The van der Waals surface area contributed by atoms with Crippen molar-refractivity contribution >= 4 is 16.9 Å². The second-order valence-corrected chi connectivity index (χ2v) is 9.81. The highest BCUT2D eigenvalue weighted by atomic mass is 19.1. The first-order valence-corrected chi connectivity index (χ1v) is 13.3. The maximum absolute atomic E-state index is 14.7. The topological polar surface area (TPSA) is 39.2 Å². The molecular formula is C31H40FNO2. The van der Waals surface area contributed by atoms with Gasteiger partial charge in [-0.05, 0) is 80.6 Å². The van der Waals surface area contributed by atoms with E-state index in [0.717, 1.165) is 41.4 Å². The zero-order valence-electron chi connectivity index (χ0n) is 21.6. The highest BCUT2D eigenvalue weighted by molar-refractivity contribution is 5.83. The van der Waals surface area contributed by atoms with E-state index >= 15 is 0 Å². The molecule has 0 aliphatic carbocycles. The Hall–Kier alpha value is -2.75. The molecule has 2 aromatic carbocycles. The minimum atomic E-state index is -1.97. The average molecular weight is 478 g/mol. The molecule has 0 N–H and O–H groups in total. The van der Waals surface area contributed by atoms with Gasteiger partial charge in [0.2, 0.25) is 5.67 Å². The quantitative estimate of drug-likeness (QED) is 0.132. The lowest BCUT2D eigenvalue weighted by Crippen LogP contribution is -2.34. The van der Waals surface area contributed by atoms with E-state index in [1.807, 2.05) is 25.1 Å². The molecule has 4 heteroatoms. The van der Waals surface area contributed by atoms with Crippen LogP contribution in [0.1, 0.15) is 90.5 Å². The molecule has 188 valence electrons. The molecule has 0 aliphatic rings. The van der Waals surface area contributed by atoms with Crippen molar-refractivity contribution in [1.29, 1.82) is 0 Å². The number of esters is 1. The van der Waals surface area contributed by atoms with E-state index in [0.29, 0.717) is 12.2 Å². The Bertz CT molecular complexity index is 1080. The fourth-order valence-electron chi connectivity index (χ4n) is 4.32. The number of ether oxygens (including phenoxy) is 1. The first-order chi connectivity index (χ1) is 16.9. The van der Waals surface area contributed by atoms with E-state index in [1.165, 1.54) is 51.0 Å². The lowest BCUT2D eigenvalue weighted by Gasteiger charge is -2.18. The largest absolute Gasteiger partial charge is 0.424 e. The molecule has 3 nitrogen and oxygen atoms in total. The predicted molar refractivity (Wildman–Crippen MR) is 144 cm³/mol. The van der Waals surface area contributed by atoms with Gasteiger partial charge in [0.15, 0.2) is 0 Å². The Morgan fingerprint density at radius 3 is 2.29 bits per heavy atom. The summed E-state index contributed by atoms with van der Waals surface area (Å²) < 4.78 is 20.0. The van der Waals surface area contributed by atoms with Gasteiger partial charge in [-0.3, -0.25) is 0 Å². The van der Waals surface area contributed by atoms with Crippen molar-refractivity contribution in [2.45, 2.75) is 97.1 Å². The van der Waals surface area contributed by atoms with E-state index in [9.17, 15) is 9.18 Å². The molecule has 0 aliphatic heterocycles. The number of halogens is 1. The van der Waals surface area contributed by atoms with Gasteiger partial charge in [-0.15, -0.1) is 0 Å². The fourth-order valence-corrected chi connectivity index (χ4v) is 4.32. The zero-order chi connectivity index (χ0) is 25.1. The van der Waals surface area contributed by atoms with E-state index in [1.54, 1.807) is 12.1 Å². The number of fused-ring (bicyclic) bond motifs is 1. The van der Waals surface area contributed by atoms with Crippen molar-refractivity contribution in [3.8, 4) is 17.0 Å². The first-order valence-electron chi connectivity index (χ1n) is 13.3. The maximum atomic E-state index is 14.7. The van der Waals surface area contributed by atoms with Gasteiger partial charge in [-0.1, -0.05) is 70.9 Å². The normalized spacial score (nSPS) is 13.0. The summed E-state index contributed by atoms with van der Waals surface area (Å²) in [5.41, 5.74) is 2.14. The van der Waals surface area contributed by atoms with Gasteiger partial charge >= 0.3 is 5.97 Å². The van der Waals surface area contributed by atoms with Crippen molar-refractivity contribution in [2.24, 2.45) is 0 Å². The molecule has 1 aromatic heterocycles. The molecule has 0 amide bonds. The monoisotopic (exact) mass is 477 g/mol. The highest BCUT2D eigenvalue weighted by Gasteiger charge is 2.34. The third kappa shape index (κ3) is 8.16. The molecule has 35 heavy (non-hydrogen) atoms. The van der Waals surface area contributed by atoms with Gasteiger partial charge < -0.3 is 4.74 Å². The number of benzene rings is 2. The summed E-state index contributed by atoms with van der Waals surface area (Å²) in [6, 6.07) is 17.8. The average Bonchev–Trinajstić information content (AvgIpc) is 2.86. The van der Waals surface area contributed by atoms with Crippen LogP contribution in [-0.4, -0.2) is 16.6 Å². The lowest BCUT2D eigenvalue weighted by molar-refractivity contribution is -0.147. The summed E-state index contributed by atoms with van der Waals surface area (Å²) in [5.74, 6) is -0.486.